The lowest BCUT2D eigenvalue weighted by atomic mass is 10.1. The third-order valence-electron chi connectivity index (χ3n) is 4.42. The highest BCUT2D eigenvalue weighted by atomic mass is 79.9. The van der Waals surface area contributed by atoms with E-state index in [4.69, 9.17) is 0 Å². The van der Waals surface area contributed by atoms with E-state index in [0.29, 0.717) is 11.1 Å². The molecule has 0 atom stereocenters. The van der Waals surface area contributed by atoms with Crippen molar-refractivity contribution in [1.29, 1.82) is 0 Å². The number of aliphatic hydroxyl groups excluding tert-OH is 1. The fraction of sp³-hybridized carbons (Fsp3) is 0.238. The average molecular weight is 461 g/mol. The predicted octanol–water partition coefficient (Wildman–Crippen LogP) is 5.61. The maximum absolute atomic E-state index is 14.3. The summed E-state index contributed by atoms with van der Waals surface area (Å²) < 4.78 is 19.6. The van der Waals surface area contributed by atoms with Gasteiger partial charge < -0.3 is 9.84 Å². The number of nitrogens with zero attached hydrogens (tertiary/aromatic N) is 2. The van der Waals surface area contributed by atoms with Crippen molar-refractivity contribution in [2.45, 2.75) is 25.2 Å². The topological polar surface area (TPSA) is 88.3 Å². The summed E-state index contributed by atoms with van der Waals surface area (Å²) in [5.41, 5.74) is 0.595. The Morgan fingerprint density at radius 2 is 1.90 bits per heavy atom. The molecule has 0 spiro atoms. The second-order valence-corrected chi connectivity index (χ2v) is 7.45. The monoisotopic (exact) mass is 460 g/mol. The van der Waals surface area contributed by atoms with E-state index in [2.05, 4.69) is 30.9 Å². The molecular weight excluding hydrogens is 443 g/mol. The number of Topliss-reactive ketones (excluding diaryl/α,β-unsaturated/α-hetero) is 1. The molecular formula is C21H18BrFN2O4. The third-order valence-corrected chi connectivity index (χ3v) is 4.95. The Balaban J connectivity index is 2.03. The summed E-state index contributed by atoms with van der Waals surface area (Å²) in [5.74, 6) is -2.39. The van der Waals surface area contributed by atoms with Crippen molar-refractivity contribution in [1.82, 2.24) is 0 Å². The highest BCUT2D eigenvalue weighted by molar-refractivity contribution is 9.10. The molecule has 150 valence electrons. The highest BCUT2D eigenvalue weighted by Gasteiger charge is 2.28. The van der Waals surface area contributed by atoms with Crippen LogP contribution in [0.15, 0.2) is 62.9 Å². The van der Waals surface area contributed by atoms with Gasteiger partial charge in [-0.2, -0.15) is 0 Å². The van der Waals surface area contributed by atoms with E-state index in [-0.39, 0.29) is 11.6 Å². The zero-order chi connectivity index (χ0) is 21.0. The molecule has 6 nitrogen and oxygen atoms in total. The maximum Gasteiger partial charge on any atom is 0.313 e. The molecule has 1 N–H and O–H groups in total. The Morgan fingerprint density at radius 3 is 2.52 bits per heavy atom. The molecule has 0 heterocycles. The highest BCUT2D eigenvalue weighted by Crippen LogP contribution is 2.45. The number of ketones is 1. The van der Waals surface area contributed by atoms with Crippen LogP contribution in [-0.2, 0) is 14.3 Å². The van der Waals surface area contributed by atoms with Gasteiger partial charge in [-0.15, -0.1) is 10.2 Å². The summed E-state index contributed by atoms with van der Waals surface area (Å²) in [4.78, 5) is 24.1. The van der Waals surface area contributed by atoms with Gasteiger partial charge in [0.25, 0.3) is 0 Å². The summed E-state index contributed by atoms with van der Waals surface area (Å²) in [6, 6.07) is 11.1. The first-order valence-corrected chi connectivity index (χ1v) is 9.69. The molecule has 1 aliphatic rings. The van der Waals surface area contributed by atoms with Crippen LogP contribution in [0.1, 0.15) is 36.3 Å². The van der Waals surface area contributed by atoms with E-state index >= 15 is 0 Å². The minimum absolute atomic E-state index is 0.0296. The smallest absolute Gasteiger partial charge is 0.313 e. The van der Waals surface area contributed by atoms with Crippen molar-refractivity contribution in [3.05, 3.63) is 69.6 Å². The van der Waals surface area contributed by atoms with E-state index in [1.165, 1.54) is 6.07 Å². The van der Waals surface area contributed by atoms with Crippen LogP contribution in [0.2, 0.25) is 0 Å². The summed E-state index contributed by atoms with van der Waals surface area (Å²) >= 11 is 3.29. The van der Waals surface area contributed by atoms with Gasteiger partial charge in [0.1, 0.15) is 12.1 Å². The number of aliphatic hydroxyl groups is 1. The van der Waals surface area contributed by atoms with Crippen molar-refractivity contribution in [3.63, 3.8) is 0 Å². The van der Waals surface area contributed by atoms with Gasteiger partial charge in [-0.25, -0.2) is 4.39 Å². The van der Waals surface area contributed by atoms with Gasteiger partial charge >= 0.3 is 5.97 Å². The van der Waals surface area contributed by atoms with Crippen LogP contribution in [0.4, 0.5) is 10.1 Å². The van der Waals surface area contributed by atoms with E-state index in [1.807, 2.05) is 0 Å². The molecule has 1 aliphatic carbocycles. The molecule has 2 aromatic carbocycles. The van der Waals surface area contributed by atoms with Crippen molar-refractivity contribution < 1.29 is 23.8 Å². The minimum Gasteiger partial charge on any atom is -0.505 e. The van der Waals surface area contributed by atoms with Gasteiger partial charge in [0.15, 0.2) is 23.1 Å². The Hall–Kier alpha value is -2.87. The quantitative estimate of drug-likeness (QED) is 0.191. The SMILES string of the molecule is COC(=O)CC(=O)C(N=Nc1c(F)cccc1C1CC1)=C(O)c1ccc(Br)cc1. The fourth-order valence-electron chi connectivity index (χ4n) is 2.73. The molecule has 2 aromatic rings. The lowest BCUT2D eigenvalue weighted by molar-refractivity contribution is -0.142. The van der Waals surface area contributed by atoms with Crippen LogP contribution >= 0.6 is 15.9 Å². The molecule has 0 aliphatic heterocycles. The number of ether oxygens (including phenoxy) is 1. The van der Waals surface area contributed by atoms with Gasteiger partial charge in [-0.05, 0) is 42.5 Å². The van der Waals surface area contributed by atoms with Crippen LogP contribution in [-0.4, -0.2) is 24.0 Å². The van der Waals surface area contributed by atoms with E-state index < -0.39 is 35.4 Å². The zero-order valence-electron chi connectivity index (χ0n) is 15.6. The third kappa shape index (κ3) is 5.14. The number of hydrogen-bond donors (Lipinski definition) is 1. The van der Waals surface area contributed by atoms with Crippen molar-refractivity contribution in [3.8, 4) is 0 Å². The van der Waals surface area contributed by atoms with Gasteiger partial charge in [-0.3, -0.25) is 9.59 Å². The number of benzene rings is 2. The lowest BCUT2D eigenvalue weighted by Crippen LogP contribution is -2.12. The Kier molecular flexibility index (Phi) is 6.53. The van der Waals surface area contributed by atoms with Gasteiger partial charge in [0.2, 0.25) is 0 Å². The first-order valence-electron chi connectivity index (χ1n) is 8.90. The minimum atomic E-state index is -0.787. The zero-order valence-corrected chi connectivity index (χ0v) is 17.1. The van der Waals surface area contributed by atoms with Crippen LogP contribution < -0.4 is 0 Å². The number of rotatable bonds is 7. The first-order chi connectivity index (χ1) is 13.9. The molecule has 29 heavy (non-hydrogen) atoms. The fourth-order valence-corrected chi connectivity index (χ4v) is 2.99. The van der Waals surface area contributed by atoms with Crippen LogP contribution in [0, 0.1) is 5.82 Å². The van der Waals surface area contributed by atoms with Crippen LogP contribution in [0.3, 0.4) is 0 Å². The van der Waals surface area contributed by atoms with Crippen molar-refractivity contribution in [2.75, 3.05) is 7.11 Å². The molecule has 3 rings (SSSR count). The number of carbonyl (C=O) groups excluding carboxylic acids is 2. The lowest BCUT2D eigenvalue weighted by Gasteiger charge is -2.07. The Morgan fingerprint density at radius 1 is 1.21 bits per heavy atom. The number of esters is 1. The number of carbonyl (C=O) groups is 2. The summed E-state index contributed by atoms with van der Waals surface area (Å²) in [5, 5.41) is 18.4. The molecule has 8 heteroatoms. The number of azo groups is 1. The molecule has 0 saturated heterocycles. The van der Waals surface area contributed by atoms with E-state index in [1.54, 1.807) is 36.4 Å². The van der Waals surface area contributed by atoms with E-state index in [9.17, 15) is 19.1 Å². The normalized spacial score (nSPS) is 14.6. The number of hydrogen-bond acceptors (Lipinski definition) is 6. The number of halogens is 2. The number of methoxy groups -OCH3 is 1. The molecule has 1 fully saturated rings. The first kappa shape index (κ1) is 20.9. The molecule has 0 unspecified atom stereocenters. The van der Waals surface area contributed by atoms with Gasteiger partial charge in [0, 0.05) is 10.0 Å². The van der Waals surface area contributed by atoms with Crippen molar-refractivity contribution in [2.24, 2.45) is 10.2 Å². The molecule has 0 bridgehead atoms. The second-order valence-electron chi connectivity index (χ2n) is 6.53. The average Bonchev–Trinajstić information content (AvgIpc) is 3.54. The predicted molar refractivity (Wildman–Crippen MR) is 108 cm³/mol. The summed E-state index contributed by atoms with van der Waals surface area (Å²) in [6.45, 7) is 0. The molecule has 1 saturated carbocycles. The van der Waals surface area contributed by atoms with Crippen LogP contribution in [0.5, 0.6) is 0 Å². The van der Waals surface area contributed by atoms with Gasteiger partial charge in [0.05, 0.1) is 7.11 Å². The Labute approximate surface area is 175 Å². The van der Waals surface area contributed by atoms with Crippen molar-refractivity contribution >= 4 is 39.1 Å². The molecule has 0 amide bonds. The summed E-state index contributed by atoms with van der Waals surface area (Å²) in [7, 11) is 1.15. The second kappa shape index (κ2) is 9.09. The summed E-state index contributed by atoms with van der Waals surface area (Å²) in [6.07, 6.45) is 1.23. The van der Waals surface area contributed by atoms with Crippen LogP contribution in [0.25, 0.3) is 5.76 Å². The molecule has 0 aromatic heterocycles. The maximum atomic E-state index is 14.3. The number of allylic oxidation sites excluding steroid dienone is 1. The molecule has 0 radical (unpaired) electrons. The van der Waals surface area contributed by atoms with E-state index in [0.717, 1.165) is 24.4 Å². The van der Waals surface area contributed by atoms with Gasteiger partial charge in [-0.1, -0.05) is 40.2 Å². The Bertz CT molecular complexity index is 998. The standard InChI is InChI=1S/C21H18BrFN2O4/c1-29-18(27)11-17(26)20(21(28)13-7-9-14(22)10-8-13)25-24-19-15(12-5-6-12)3-2-4-16(19)23/h2-4,7-10,12,28H,5-6,11H2,1H3. The largest absolute Gasteiger partial charge is 0.505 e.